The summed E-state index contributed by atoms with van der Waals surface area (Å²) < 4.78 is 11.2. The number of carbonyl (C=O) groups excluding carboxylic acids is 1. The van der Waals surface area contributed by atoms with Crippen molar-refractivity contribution in [2.45, 2.75) is 44.4 Å². The number of nitrogens with zero attached hydrogens (tertiary/aromatic N) is 2. The number of hydrogen-bond acceptors (Lipinski definition) is 5. The molecule has 4 rings (SSSR count). The zero-order chi connectivity index (χ0) is 18.1. The summed E-state index contributed by atoms with van der Waals surface area (Å²) in [4.78, 5) is 19.4. The van der Waals surface area contributed by atoms with Gasteiger partial charge in [0.05, 0.1) is 18.8 Å². The summed E-state index contributed by atoms with van der Waals surface area (Å²) in [6.07, 6.45) is 1.85. The first kappa shape index (κ1) is 17.2. The Morgan fingerprint density at radius 1 is 1.31 bits per heavy atom. The van der Waals surface area contributed by atoms with Crippen LogP contribution in [0.2, 0.25) is 0 Å². The van der Waals surface area contributed by atoms with E-state index >= 15 is 0 Å². The van der Waals surface area contributed by atoms with Crippen LogP contribution in [0, 0.1) is 5.92 Å². The van der Waals surface area contributed by atoms with Crippen molar-refractivity contribution in [2.75, 3.05) is 13.7 Å². The van der Waals surface area contributed by atoms with Crippen LogP contribution in [0.4, 0.5) is 0 Å². The minimum atomic E-state index is -0.471. The van der Waals surface area contributed by atoms with Crippen LogP contribution in [-0.4, -0.2) is 46.8 Å². The Morgan fingerprint density at radius 3 is 2.88 bits per heavy atom. The lowest BCUT2D eigenvalue weighted by Crippen LogP contribution is -2.44. The third kappa shape index (κ3) is 3.27. The molecule has 0 spiro atoms. The van der Waals surface area contributed by atoms with Gasteiger partial charge in [0.15, 0.2) is 0 Å². The average Bonchev–Trinajstić information content (AvgIpc) is 3.12. The fraction of sp³-hybridized carbons (Fsp3) is 0.500. The lowest BCUT2D eigenvalue weighted by atomic mass is 9.84. The van der Waals surface area contributed by atoms with Gasteiger partial charge in [-0.05, 0) is 31.4 Å². The lowest BCUT2D eigenvalue weighted by Gasteiger charge is -2.35. The first-order chi connectivity index (χ1) is 12.7. The summed E-state index contributed by atoms with van der Waals surface area (Å²) in [5, 5.41) is 9.95. The van der Waals surface area contributed by atoms with Gasteiger partial charge < -0.3 is 19.2 Å². The highest BCUT2D eigenvalue weighted by atomic mass is 16.5. The van der Waals surface area contributed by atoms with Crippen molar-refractivity contribution in [1.82, 2.24) is 9.88 Å². The number of amides is 1. The summed E-state index contributed by atoms with van der Waals surface area (Å²) in [6, 6.07) is 9.81. The Labute approximate surface area is 152 Å². The molecule has 1 N–H and O–H groups in total. The van der Waals surface area contributed by atoms with Crippen LogP contribution in [0.15, 0.2) is 34.7 Å². The van der Waals surface area contributed by atoms with E-state index in [2.05, 4.69) is 4.98 Å². The molecule has 1 saturated carbocycles. The Hall–Kier alpha value is -2.18. The molecule has 0 unspecified atom stereocenters. The number of aliphatic hydroxyl groups excluding tert-OH is 1. The van der Waals surface area contributed by atoms with E-state index in [4.69, 9.17) is 9.15 Å². The minimum Gasteiger partial charge on any atom is -0.441 e. The molecule has 6 heteroatoms. The molecule has 3 atom stereocenters. The van der Waals surface area contributed by atoms with E-state index in [1.165, 1.54) is 0 Å². The standard InChI is InChI=1S/C20H24N2O4/c1-25-18-11-14(7-8-16(18)23)20(24)22-10-9-17-15(12-22)21-19(26-17)13-5-3-2-4-6-13/h2-6,14,16,18,23H,7-12H2,1H3/t14-,16+,18-/m0/s1. The second kappa shape index (κ2) is 7.21. The fourth-order valence-electron chi connectivity index (χ4n) is 3.94. The molecule has 0 saturated heterocycles. The second-order valence-corrected chi connectivity index (χ2v) is 7.12. The van der Waals surface area contributed by atoms with Crippen LogP contribution in [0.3, 0.4) is 0 Å². The molecule has 1 aliphatic heterocycles. The number of oxazole rings is 1. The van der Waals surface area contributed by atoms with Gasteiger partial charge in [-0.25, -0.2) is 4.98 Å². The molecule has 0 radical (unpaired) electrons. The molecule has 138 valence electrons. The van der Waals surface area contributed by atoms with Crippen molar-refractivity contribution in [2.24, 2.45) is 5.92 Å². The number of benzene rings is 1. The molecule has 26 heavy (non-hydrogen) atoms. The normalized spacial score (nSPS) is 25.8. The van der Waals surface area contributed by atoms with Crippen molar-refractivity contribution < 1.29 is 19.1 Å². The zero-order valence-electron chi connectivity index (χ0n) is 14.9. The molecule has 1 fully saturated rings. The summed E-state index contributed by atoms with van der Waals surface area (Å²) in [5.74, 6) is 1.53. The molecule has 1 aliphatic carbocycles. The number of ether oxygens (including phenoxy) is 1. The predicted octanol–water partition coefficient (Wildman–Crippen LogP) is 2.40. The molecule has 2 heterocycles. The number of aliphatic hydroxyl groups is 1. The van der Waals surface area contributed by atoms with Crippen LogP contribution < -0.4 is 0 Å². The van der Waals surface area contributed by atoms with Crippen LogP contribution in [0.5, 0.6) is 0 Å². The smallest absolute Gasteiger partial charge is 0.226 e. The first-order valence-electron chi connectivity index (χ1n) is 9.19. The van der Waals surface area contributed by atoms with Gasteiger partial charge in [-0.15, -0.1) is 0 Å². The first-order valence-corrected chi connectivity index (χ1v) is 9.19. The Balaban J connectivity index is 1.46. The number of aromatic nitrogens is 1. The minimum absolute atomic E-state index is 0.0922. The monoisotopic (exact) mass is 356 g/mol. The third-order valence-electron chi connectivity index (χ3n) is 5.47. The Bertz CT molecular complexity index is 773. The average molecular weight is 356 g/mol. The van der Waals surface area contributed by atoms with Crippen molar-refractivity contribution in [3.8, 4) is 11.5 Å². The summed E-state index contributed by atoms with van der Waals surface area (Å²) in [7, 11) is 1.59. The van der Waals surface area contributed by atoms with Crippen LogP contribution in [-0.2, 0) is 22.5 Å². The van der Waals surface area contributed by atoms with Gasteiger partial charge in [-0.2, -0.15) is 0 Å². The van der Waals surface area contributed by atoms with E-state index in [0.29, 0.717) is 44.7 Å². The lowest BCUT2D eigenvalue weighted by molar-refractivity contribution is -0.142. The molecule has 1 aromatic carbocycles. The maximum absolute atomic E-state index is 12.9. The molecule has 1 aromatic heterocycles. The number of carbonyl (C=O) groups is 1. The molecular weight excluding hydrogens is 332 g/mol. The molecule has 0 bridgehead atoms. The van der Waals surface area contributed by atoms with E-state index in [0.717, 1.165) is 17.0 Å². The van der Waals surface area contributed by atoms with Crippen molar-refractivity contribution in [3.63, 3.8) is 0 Å². The van der Waals surface area contributed by atoms with Crippen LogP contribution in [0.1, 0.15) is 30.7 Å². The van der Waals surface area contributed by atoms with Crippen LogP contribution >= 0.6 is 0 Å². The molecule has 6 nitrogen and oxygen atoms in total. The zero-order valence-corrected chi connectivity index (χ0v) is 14.9. The highest BCUT2D eigenvalue weighted by Crippen LogP contribution is 2.31. The highest BCUT2D eigenvalue weighted by molar-refractivity contribution is 5.79. The van der Waals surface area contributed by atoms with E-state index in [1.807, 2.05) is 35.2 Å². The van der Waals surface area contributed by atoms with E-state index < -0.39 is 6.10 Å². The molecule has 2 aliphatic rings. The summed E-state index contributed by atoms with van der Waals surface area (Å²) in [5.41, 5.74) is 1.80. The van der Waals surface area contributed by atoms with E-state index in [-0.39, 0.29) is 17.9 Å². The molecule has 1 amide bonds. The van der Waals surface area contributed by atoms with Crippen molar-refractivity contribution in [1.29, 1.82) is 0 Å². The van der Waals surface area contributed by atoms with Gasteiger partial charge in [-0.1, -0.05) is 18.2 Å². The molecular formula is C20H24N2O4. The molecule has 2 aromatic rings. The van der Waals surface area contributed by atoms with Gasteiger partial charge in [0.1, 0.15) is 11.5 Å². The van der Waals surface area contributed by atoms with Gasteiger partial charge >= 0.3 is 0 Å². The van der Waals surface area contributed by atoms with Gasteiger partial charge in [0.25, 0.3) is 0 Å². The second-order valence-electron chi connectivity index (χ2n) is 7.12. The number of rotatable bonds is 3. The van der Waals surface area contributed by atoms with Crippen molar-refractivity contribution in [3.05, 3.63) is 41.8 Å². The summed E-state index contributed by atoms with van der Waals surface area (Å²) >= 11 is 0. The van der Waals surface area contributed by atoms with Crippen LogP contribution in [0.25, 0.3) is 11.5 Å². The fourth-order valence-corrected chi connectivity index (χ4v) is 3.94. The SMILES string of the molecule is CO[C@H]1C[C@@H](C(=O)N2CCc3oc(-c4ccccc4)nc3C2)CC[C@H]1O. The number of fused-ring (bicyclic) bond motifs is 1. The Kier molecular flexibility index (Phi) is 4.78. The Morgan fingerprint density at radius 2 is 2.12 bits per heavy atom. The maximum Gasteiger partial charge on any atom is 0.226 e. The van der Waals surface area contributed by atoms with Crippen molar-refractivity contribution >= 4 is 5.91 Å². The topological polar surface area (TPSA) is 75.8 Å². The number of methoxy groups -OCH3 is 1. The van der Waals surface area contributed by atoms with Gasteiger partial charge in [0.2, 0.25) is 11.8 Å². The maximum atomic E-state index is 12.9. The van der Waals surface area contributed by atoms with Gasteiger partial charge in [-0.3, -0.25) is 4.79 Å². The summed E-state index contributed by atoms with van der Waals surface area (Å²) in [6.45, 7) is 1.13. The van der Waals surface area contributed by atoms with E-state index in [1.54, 1.807) is 7.11 Å². The quantitative estimate of drug-likeness (QED) is 0.914. The largest absolute Gasteiger partial charge is 0.441 e. The highest BCUT2D eigenvalue weighted by Gasteiger charge is 2.36. The number of hydrogen-bond donors (Lipinski definition) is 1. The predicted molar refractivity (Wildman–Crippen MR) is 95.2 cm³/mol. The van der Waals surface area contributed by atoms with E-state index in [9.17, 15) is 9.90 Å². The van der Waals surface area contributed by atoms with Gasteiger partial charge in [0, 0.05) is 31.6 Å². The third-order valence-corrected chi connectivity index (χ3v) is 5.47.